The zero-order valence-corrected chi connectivity index (χ0v) is 17.6. The molecule has 1 unspecified atom stereocenters. The Morgan fingerprint density at radius 1 is 1.00 bits per heavy atom. The Bertz CT molecular complexity index is 1210. The Morgan fingerprint density at radius 3 is 2.16 bits per heavy atom. The molecule has 1 saturated heterocycles. The molecule has 1 atom stereocenters. The van der Waals surface area contributed by atoms with Crippen molar-refractivity contribution in [2.45, 2.75) is 13.0 Å². The van der Waals surface area contributed by atoms with Crippen LogP contribution in [0.3, 0.4) is 0 Å². The van der Waals surface area contributed by atoms with Crippen molar-refractivity contribution in [2.24, 2.45) is 0 Å². The van der Waals surface area contributed by atoms with Crippen LogP contribution in [0.25, 0.3) is 5.76 Å². The molecule has 0 saturated carbocycles. The maximum absolute atomic E-state index is 13.5. The van der Waals surface area contributed by atoms with Gasteiger partial charge < -0.3 is 19.0 Å². The Hall–Kier alpha value is -4.07. The van der Waals surface area contributed by atoms with E-state index >= 15 is 0 Å². The summed E-state index contributed by atoms with van der Waals surface area (Å²) >= 11 is 0. The lowest BCUT2D eigenvalue weighted by atomic mass is 9.98. The van der Waals surface area contributed by atoms with Gasteiger partial charge in [-0.15, -0.1) is 0 Å². The number of Topliss-reactive ketones (excluding diaryl/α,β-unsaturated/α-hetero) is 1. The Kier molecular flexibility index (Phi) is 5.44. The summed E-state index contributed by atoms with van der Waals surface area (Å²) in [4.78, 5) is 27.4. The molecular weight excluding hydrogens is 417 g/mol. The number of furan rings is 1. The van der Waals surface area contributed by atoms with Crippen LogP contribution in [0.1, 0.15) is 23.1 Å². The molecular formula is C24H20FNO6. The number of ether oxygens (including phenoxy) is 2. The van der Waals surface area contributed by atoms with Gasteiger partial charge in [-0.05, 0) is 55.5 Å². The fraction of sp³-hybridized carbons (Fsp3) is 0.167. The van der Waals surface area contributed by atoms with Gasteiger partial charge in [0.25, 0.3) is 11.7 Å². The molecule has 1 fully saturated rings. The molecule has 1 aliphatic rings. The van der Waals surface area contributed by atoms with E-state index in [9.17, 15) is 19.1 Å². The van der Waals surface area contributed by atoms with E-state index in [1.165, 1.54) is 43.4 Å². The Labute approximate surface area is 183 Å². The lowest BCUT2D eigenvalue weighted by Crippen LogP contribution is -2.29. The summed E-state index contributed by atoms with van der Waals surface area (Å²) in [6.07, 6.45) is 0. The van der Waals surface area contributed by atoms with Gasteiger partial charge in [-0.1, -0.05) is 6.07 Å². The van der Waals surface area contributed by atoms with Crippen LogP contribution in [0, 0.1) is 12.7 Å². The molecule has 2 heterocycles. The van der Waals surface area contributed by atoms with E-state index in [0.717, 1.165) is 0 Å². The Morgan fingerprint density at radius 2 is 1.62 bits per heavy atom. The number of anilines is 1. The molecule has 0 bridgehead atoms. The average Bonchev–Trinajstić information content (AvgIpc) is 3.34. The van der Waals surface area contributed by atoms with Crippen LogP contribution in [0.4, 0.5) is 10.1 Å². The molecule has 164 valence electrons. The molecule has 3 aromatic rings. The van der Waals surface area contributed by atoms with E-state index in [-0.39, 0.29) is 34.1 Å². The summed E-state index contributed by atoms with van der Waals surface area (Å²) in [6.45, 7) is 1.72. The third-order valence-corrected chi connectivity index (χ3v) is 5.24. The maximum Gasteiger partial charge on any atom is 0.300 e. The van der Waals surface area contributed by atoms with Crippen LogP contribution < -0.4 is 14.4 Å². The second-order valence-corrected chi connectivity index (χ2v) is 7.13. The predicted molar refractivity (Wildman–Crippen MR) is 114 cm³/mol. The quantitative estimate of drug-likeness (QED) is 0.362. The van der Waals surface area contributed by atoms with Crippen LogP contribution in [0.5, 0.6) is 11.5 Å². The van der Waals surface area contributed by atoms with Crippen LogP contribution in [-0.4, -0.2) is 31.0 Å². The van der Waals surface area contributed by atoms with Gasteiger partial charge in [0, 0.05) is 5.69 Å². The second kappa shape index (κ2) is 8.22. The van der Waals surface area contributed by atoms with Gasteiger partial charge in [0.15, 0.2) is 0 Å². The highest BCUT2D eigenvalue weighted by molar-refractivity contribution is 6.51. The molecule has 1 aromatic heterocycles. The number of carbonyl (C=O) groups excluding carboxylic acids is 2. The minimum atomic E-state index is -1.08. The van der Waals surface area contributed by atoms with Crippen LogP contribution in [0.15, 0.2) is 64.6 Å². The van der Waals surface area contributed by atoms with Crippen LogP contribution in [0.2, 0.25) is 0 Å². The van der Waals surface area contributed by atoms with Crippen LogP contribution in [-0.2, 0) is 9.59 Å². The smallest absolute Gasteiger partial charge is 0.300 e. The summed E-state index contributed by atoms with van der Waals surface area (Å²) < 4.78 is 29.9. The lowest BCUT2D eigenvalue weighted by Gasteiger charge is -2.23. The van der Waals surface area contributed by atoms with Crippen molar-refractivity contribution in [3.63, 3.8) is 0 Å². The third-order valence-electron chi connectivity index (χ3n) is 5.24. The first-order valence-electron chi connectivity index (χ1n) is 9.71. The van der Waals surface area contributed by atoms with Crippen molar-refractivity contribution in [2.75, 3.05) is 19.1 Å². The SMILES string of the molecule is COc1cccc(OC)c1/C(O)=C1\C(=O)C(=O)N(c2ccc(F)cc2)C1c1ccc(C)o1. The summed E-state index contributed by atoms with van der Waals surface area (Å²) in [5, 5.41) is 11.3. The van der Waals surface area contributed by atoms with Gasteiger partial charge in [0.1, 0.15) is 46.2 Å². The van der Waals surface area contributed by atoms with Crippen molar-refractivity contribution in [3.8, 4) is 11.5 Å². The van der Waals surface area contributed by atoms with Gasteiger partial charge in [-0.25, -0.2) is 4.39 Å². The number of ketones is 1. The standard InChI is InChI=1S/C24H20FNO6/c1-13-7-12-18(32-13)21-20(22(27)19-16(30-2)5-4-6-17(19)31-3)23(28)24(29)26(21)15-10-8-14(25)9-11-15/h4-12,21,27H,1-3H3/b22-20+. The second-order valence-electron chi connectivity index (χ2n) is 7.13. The third kappa shape index (κ3) is 3.39. The number of hydrogen-bond donors (Lipinski definition) is 1. The van der Waals surface area contributed by atoms with Crippen molar-refractivity contribution in [1.82, 2.24) is 0 Å². The summed E-state index contributed by atoms with van der Waals surface area (Å²) in [5.74, 6) is -1.44. The molecule has 2 aromatic carbocycles. The number of aliphatic hydroxyl groups excluding tert-OH is 1. The molecule has 0 aliphatic carbocycles. The number of benzene rings is 2. The normalized spacial score (nSPS) is 17.6. The highest BCUT2D eigenvalue weighted by Crippen LogP contribution is 2.45. The first kappa shape index (κ1) is 21.2. The minimum absolute atomic E-state index is 0.128. The summed E-state index contributed by atoms with van der Waals surface area (Å²) in [5.41, 5.74) is 0.206. The zero-order valence-electron chi connectivity index (χ0n) is 17.6. The largest absolute Gasteiger partial charge is 0.506 e. The van der Waals surface area contributed by atoms with Gasteiger partial charge in [0.2, 0.25) is 0 Å². The molecule has 7 nitrogen and oxygen atoms in total. The number of methoxy groups -OCH3 is 2. The number of hydrogen-bond acceptors (Lipinski definition) is 6. The molecule has 8 heteroatoms. The Balaban J connectivity index is 1.99. The van der Waals surface area contributed by atoms with E-state index in [2.05, 4.69) is 0 Å². The molecule has 4 rings (SSSR count). The van der Waals surface area contributed by atoms with E-state index < -0.39 is 29.3 Å². The van der Waals surface area contributed by atoms with E-state index in [4.69, 9.17) is 13.9 Å². The monoisotopic (exact) mass is 437 g/mol. The highest BCUT2D eigenvalue weighted by Gasteiger charge is 2.49. The van der Waals surface area contributed by atoms with Crippen molar-refractivity contribution < 1.29 is 33.0 Å². The number of aliphatic hydroxyl groups is 1. The average molecular weight is 437 g/mol. The number of nitrogens with zero attached hydrogens (tertiary/aromatic N) is 1. The molecule has 0 radical (unpaired) electrons. The number of rotatable bonds is 5. The summed E-state index contributed by atoms with van der Waals surface area (Å²) in [6, 6.07) is 12.2. The van der Waals surface area contributed by atoms with E-state index in [1.54, 1.807) is 37.3 Å². The first-order chi connectivity index (χ1) is 15.4. The molecule has 1 N–H and O–H groups in total. The molecule has 32 heavy (non-hydrogen) atoms. The number of amides is 1. The number of carbonyl (C=O) groups is 2. The van der Waals surface area contributed by atoms with Crippen molar-refractivity contribution >= 4 is 23.1 Å². The topological polar surface area (TPSA) is 89.2 Å². The first-order valence-corrected chi connectivity index (χ1v) is 9.71. The summed E-state index contributed by atoms with van der Waals surface area (Å²) in [7, 11) is 2.83. The molecule has 0 spiro atoms. The van der Waals surface area contributed by atoms with E-state index in [1.807, 2.05) is 0 Å². The minimum Gasteiger partial charge on any atom is -0.506 e. The highest BCUT2D eigenvalue weighted by atomic mass is 19.1. The predicted octanol–water partition coefficient (Wildman–Crippen LogP) is 4.37. The number of halogens is 1. The van der Waals surface area contributed by atoms with Gasteiger partial charge in [-0.3, -0.25) is 14.5 Å². The van der Waals surface area contributed by atoms with Gasteiger partial charge in [-0.2, -0.15) is 0 Å². The van der Waals surface area contributed by atoms with Gasteiger partial charge >= 0.3 is 0 Å². The van der Waals surface area contributed by atoms with Crippen LogP contribution >= 0.6 is 0 Å². The number of aryl methyl sites for hydroxylation is 1. The molecule has 1 amide bonds. The lowest BCUT2D eigenvalue weighted by molar-refractivity contribution is -0.132. The maximum atomic E-state index is 13.5. The fourth-order valence-electron chi connectivity index (χ4n) is 3.79. The van der Waals surface area contributed by atoms with Crippen molar-refractivity contribution in [1.29, 1.82) is 0 Å². The van der Waals surface area contributed by atoms with Crippen molar-refractivity contribution in [3.05, 3.63) is 83.1 Å². The fourth-order valence-corrected chi connectivity index (χ4v) is 3.79. The molecule has 1 aliphatic heterocycles. The zero-order chi connectivity index (χ0) is 23.0. The van der Waals surface area contributed by atoms with Gasteiger partial charge in [0.05, 0.1) is 19.8 Å². The van der Waals surface area contributed by atoms with E-state index in [0.29, 0.717) is 5.76 Å².